The average molecular weight is 255 g/mol. The molecule has 0 saturated carbocycles. The lowest BCUT2D eigenvalue weighted by molar-refractivity contribution is 0.618. The minimum atomic E-state index is -0.191. The number of nitrogens with one attached hydrogen (secondary N) is 1. The van der Waals surface area contributed by atoms with Gasteiger partial charge in [0.25, 0.3) is 0 Å². The van der Waals surface area contributed by atoms with Crippen LogP contribution in [0.5, 0.6) is 0 Å². The molecule has 0 amide bonds. The zero-order valence-electron chi connectivity index (χ0n) is 11.1. The van der Waals surface area contributed by atoms with Crippen molar-refractivity contribution >= 4 is 5.70 Å². The lowest BCUT2D eigenvalue weighted by Crippen LogP contribution is -2.15. The summed E-state index contributed by atoms with van der Waals surface area (Å²) in [4.78, 5) is 0. The molecule has 0 bridgehead atoms. The molecule has 0 fully saturated rings. The highest BCUT2D eigenvalue weighted by molar-refractivity contribution is 5.61. The molecule has 2 aromatic carbocycles. The Labute approximate surface area is 113 Å². The van der Waals surface area contributed by atoms with Crippen LogP contribution in [0.25, 0.3) is 5.70 Å². The predicted molar refractivity (Wildman–Crippen MR) is 78.3 cm³/mol. The van der Waals surface area contributed by atoms with E-state index in [0.717, 1.165) is 24.2 Å². The van der Waals surface area contributed by atoms with E-state index >= 15 is 0 Å². The monoisotopic (exact) mass is 255 g/mol. The lowest BCUT2D eigenvalue weighted by atomic mass is 10.1. The summed E-state index contributed by atoms with van der Waals surface area (Å²) in [7, 11) is 0. The van der Waals surface area contributed by atoms with Gasteiger partial charge in [-0.1, -0.05) is 49.0 Å². The second-order valence-corrected chi connectivity index (χ2v) is 4.60. The minimum absolute atomic E-state index is 0.191. The van der Waals surface area contributed by atoms with Crippen molar-refractivity contribution in [3.05, 3.63) is 77.6 Å². The van der Waals surface area contributed by atoms with Crippen molar-refractivity contribution < 1.29 is 4.39 Å². The van der Waals surface area contributed by atoms with Crippen LogP contribution in [-0.2, 0) is 6.42 Å². The highest BCUT2D eigenvalue weighted by atomic mass is 19.1. The van der Waals surface area contributed by atoms with E-state index in [0.29, 0.717) is 5.56 Å². The van der Waals surface area contributed by atoms with Gasteiger partial charge in [-0.15, -0.1) is 0 Å². The molecule has 0 spiro atoms. The van der Waals surface area contributed by atoms with Gasteiger partial charge in [-0.05, 0) is 36.1 Å². The highest BCUT2D eigenvalue weighted by Gasteiger charge is 2.02. The van der Waals surface area contributed by atoms with Gasteiger partial charge >= 0.3 is 0 Å². The van der Waals surface area contributed by atoms with E-state index < -0.39 is 0 Å². The number of halogens is 1. The van der Waals surface area contributed by atoms with E-state index in [1.807, 2.05) is 24.3 Å². The van der Waals surface area contributed by atoms with Crippen LogP contribution in [0.15, 0.2) is 55.1 Å². The first-order valence-electron chi connectivity index (χ1n) is 6.40. The first-order valence-corrected chi connectivity index (χ1v) is 6.40. The third-order valence-electron chi connectivity index (χ3n) is 3.12. The minimum Gasteiger partial charge on any atom is -0.385 e. The molecule has 1 N–H and O–H groups in total. The van der Waals surface area contributed by atoms with Crippen molar-refractivity contribution in [3.8, 4) is 0 Å². The molecule has 1 nitrogen and oxygen atoms in total. The van der Waals surface area contributed by atoms with Gasteiger partial charge in [0, 0.05) is 12.2 Å². The highest BCUT2D eigenvalue weighted by Crippen LogP contribution is 2.14. The van der Waals surface area contributed by atoms with E-state index in [9.17, 15) is 4.39 Å². The maximum absolute atomic E-state index is 13.5. The van der Waals surface area contributed by atoms with Crippen LogP contribution < -0.4 is 5.32 Å². The average Bonchev–Trinajstić information content (AvgIpc) is 2.43. The van der Waals surface area contributed by atoms with Crippen molar-refractivity contribution in [2.75, 3.05) is 6.54 Å². The summed E-state index contributed by atoms with van der Waals surface area (Å²) in [6, 6.07) is 15.4. The zero-order valence-corrected chi connectivity index (χ0v) is 11.1. The van der Waals surface area contributed by atoms with Crippen LogP contribution in [-0.4, -0.2) is 6.54 Å². The van der Waals surface area contributed by atoms with Crippen LogP contribution in [0, 0.1) is 12.7 Å². The molecule has 2 heteroatoms. The Morgan fingerprint density at radius 1 is 1.16 bits per heavy atom. The molecule has 0 aliphatic rings. The summed E-state index contributed by atoms with van der Waals surface area (Å²) in [5.41, 5.74) is 3.49. The second-order valence-electron chi connectivity index (χ2n) is 4.60. The topological polar surface area (TPSA) is 12.0 Å². The third-order valence-corrected chi connectivity index (χ3v) is 3.12. The molecule has 2 aromatic rings. The standard InChI is InChI=1S/C17H18FN/c1-13-8-9-16(12-17(13)18)14(2)19-11-10-15-6-4-3-5-7-15/h3-9,12,19H,2,10-11H2,1H3. The molecule has 0 unspecified atom stereocenters. The maximum Gasteiger partial charge on any atom is 0.126 e. The van der Waals surface area contributed by atoms with Gasteiger partial charge in [-0.25, -0.2) is 4.39 Å². The maximum atomic E-state index is 13.5. The molecule has 2 rings (SSSR count). The fraction of sp³-hybridized carbons (Fsp3) is 0.176. The van der Waals surface area contributed by atoms with Gasteiger partial charge < -0.3 is 5.32 Å². The zero-order chi connectivity index (χ0) is 13.7. The fourth-order valence-electron chi connectivity index (χ4n) is 1.89. The first-order chi connectivity index (χ1) is 9.16. The smallest absolute Gasteiger partial charge is 0.126 e. The molecule has 0 aromatic heterocycles. The summed E-state index contributed by atoms with van der Waals surface area (Å²) in [5, 5.41) is 3.23. The number of aryl methyl sites for hydroxylation is 1. The number of rotatable bonds is 5. The Morgan fingerprint density at radius 3 is 2.58 bits per heavy atom. The van der Waals surface area contributed by atoms with E-state index in [1.165, 1.54) is 11.6 Å². The van der Waals surface area contributed by atoms with Gasteiger partial charge in [0.15, 0.2) is 0 Å². The van der Waals surface area contributed by atoms with Gasteiger partial charge in [-0.3, -0.25) is 0 Å². The van der Waals surface area contributed by atoms with Gasteiger partial charge in [-0.2, -0.15) is 0 Å². The molecule has 19 heavy (non-hydrogen) atoms. The van der Waals surface area contributed by atoms with E-state index in [-0.39, 0.29) is 5.82 Å². The van der Waals surface area contributed by atoms with Crippen LogP contribution in [0.3, 0.4) is 0 Å². The van der Waals surface area contributed by atoms with Crippen LogP contribution in [0.1, 0.15) is 16.7 Å². The SMILES string of the molecule is C=C(NCCc1ccccc1)c1ccc(C)c(F)c1. The molecule has 0 heterocycles. The largest absolute Gasteiger partial charge is 0.385 e. The number of benzene rings is 2. The van der Waals surface area contributed by atoms with Gasteiger partial charge in [0.2, 0.25) is 0 Å². The quantitative estimate of drug-likeness (QED) is 0.853. The molecule has 98 valence electrons. The molecule has 0 radical (unpaired) electrons. The van der Waals surface area contributed by atoms with Crippen LogP contribution in [0.4, 0.5) is 4.39 Å². The summed E-state index contributed by atoms with van der Waals surface area (Å²) < 4.78 is 13.5. The summed E-state index contributed by atoms with van der Waals surface area (Å²) in [6.45, 7) is 6.49. The van der Waals surface area contributed by atoms with Crippen molar-refractivity contribution in [2.24, 2.45) is 0 Å². The molecule has 0 saturated heterocycles. The van der Waals surface area contributed by atoms with Crippen molar-refractivity contribution in [3.63, 3.8) is 0 Å². The van der Waals surface area contributed by atoms with E-state index in [1.54, 1.807) is 13.0 Å². The normalized spacial score (nSPS) is 10.2. The Kier molecular flexibility index (Phi) is 4.35. The van der Waals surface area contributed by atoms with Gasteiger partial charge in [0.1, 0.15) is 5.82 Å². The lowest BCUT2D eigenvalue weighted by Gasteiger charge is -2.10. The second kappa shape index (κ2) is 6.19. The Balaban J connectivity index is 1.89. The summed E-state index contributed by atoms with van der Waals surface area (Å²) in [5.74, 6) is -0.191. The number of hydrogen-bond acceptors (Lipinski definition) is 1. The molecule has 0 aliphatic carbocycles. The fourth-order valence-corrected chi connectivity index (χ4v) is 1.89. The summed E-state index contributed by atoms with van der Waals surface area (Å²) >= 11 is 0. The molecular weight excluding hydrogens is 237 g/mol. The Morgan fingerprint density at radius 2 is 1.89 bits per heavy atom. The Hall–Kier alpha value is -2.09. The molecular formula is C17H18FN. The van der Waals surface area contributed by atoms with Crippen molar-refractivity contribution in [1.82, 2.24) is 5.32 Å². The number of hydrogen-bond donors (Lipinski definition) is 1. The van der Waals surface area contributed by atoms with E-state index in [2.05, 4.69) is 24.0 Å². The predicted octanol–water partition coefficient (Wildman–Crippen LogP) is 3.94. The van der Waals surface area contributed by atoms with E-state index in [4.69, 9.17) is 0 Å². The third kappa shape index (κ3) is 3.68. The van der Waals surface area contributed by atoms with Crippen LogP contribution >= 0.6 is 0 Å². The summed E-state index contributed by atoms with van der Waals surface area (Å²) in [6.07, 6.45) is 0.925. The molecule has 0 aliphatic heterocycles. The van der Waals surface area contributed by atoms with Crippen LogP contribution in [0.2, 0.25) is 0 Å². The molecule has 0 atom stereocenters. The Bertz CT molecular complexity index is 561. The van der Waals surface area contributed by atoms with Gasteiger partial charge in [0.05, 0.1) is 0 Å². The van der Waals surface area contributed by atoms with Crippen molar-refractivity contribution in [2.45, 2.75) is 13.3 Å². The first kappa shape index (κ1) is 13.3. The van der Waals surface area contributed by atoms with Crippen molar-refractivity contribution in [1.29, 1.82) is 0 Å².